The summed E-state index contributed by atoms with van der Waals surface area (Å²) in [5.41, 5.74) is 2.81. The summed E-state index contributed by atoms with van der Waals surface area (Å²) >= 11 is 0. The largest absolute Gasteiger partial charge is 0.492 e. The molecule has 1 heterocycles. The molecule has 1 fully saturated rings. The Kier molecular flexibility index (Phi) is 3.96. The third-order valence-electron chi connectivity index (χ3n) is 3.64. The zero-order valence-electron chi connectivity index (χ0n) is 12.0. The fourth-order valence-electron chi connectivity index (χ4n) is 2.37. The van der Waals surface area contributed by atoms with Crippen LogP contribution in [-0.4, -0.2) is 19.2 Å². The number of hydrogen-bond acceptors (Lipinski definition) is 2. The van der Waals surface area contributed by atoms with Crippen molar-refractivity contribution in [1.29, 1.82) is 0 Å². The molecule has 2 heteroatoms. The van der Waals surface area contributed by atoms with Gasteiger partial charge in [-0.3, -0.25) is 0 Å². The molecule has 0 amide bonds. The molecule has 0 aromatic heterocycles. The van der Waals surface area contributed by atoms with Crippen LogP contribution >= 0.6 is 0 Å². The minimum atomic E-state index is 0.205. The van der Waals surface area contributed by atoms with E-state index in [1.807, 2.05) is 0 Å². The first-order valence-electron chi connectivity index (χ1n) is 6.94. The van der Waals surface area contributed by atoms with Gasteiger partial charge in [0.1, 0.15) is 12.4 Å². The third-order valence-corrected chi connectivity index (χ3v) is 3.64. The van der Waals surface area contributed by atoms with Gasteiger partial charge in [0.05, 0.1) is 0 Å². The maximum absolute atomic E-state index is 5.93. The van der Waals surface area contributed by atoms with Crippen molar-refractivity contribution in [1.82, 2.24) is 5.32 Å². The van der Waals surface area contributed by atoms with Gasteiger partial charge in [0, 0.05) is 6.04 Å². The summed E-state index contributed by atoms with van der Waals surface area (Å²) in [6, 6.07) is 7.08. The minimum Gasteiger partial charge on any atom is -0.492 e. The van der Waals surface area contributed by atoms with Crippen molar-refractivity contribution in [3.63, 3.8) is 0 Å². The van der Waals surface area contributed by atoms with Crippen LogP contribution in [0.3, 0.4) is 0 Å². The molecule has 0 aliphatic carbocycles. The van der Waals surface area contributed by atoms with Crippen LogP contribution < -0.4 is 10.1 Å². The lowest BCUT2D eigenvalue weighted by Gasteiger charge is -2.21. The van der Waals surface area contributed by atoms with Crippen molar-refractivity contribution in [3.05, 3.63) is 29.3 Å². The van der Waals surface area contributed by atoms with Crippen molar-refractivity contribution in [2.75, 3.05) is 13.2 Å². The number of aryl methyl sites for hydroxylation is 1. The minimum absolute atomic E-state index is 0.205. The lowest BCUT2D eigenvalue weighted by Crippen LogP contribution is -2.28. The molecule has 0 spiro atoms. The average molecular weight is 247 g/mol. The first-order valence-corrected chi connectivity index (χ1v) is 6.94. The molecule has 18 heavy (non-hydrogen) atoms. The van der Waals surface area contributed by atoms with Gasteiger partial charge in [0.25, 0.3) is 0 Å². The van der Waals surface area contributed by atoms with E-state index in [0.29, 0.717) is 6.04 Å². The van der Waals surface area contributed by atoms with Gasteiger partial charge in [0.15, 0.2) is 0 Å². The van der Waals surface area contributed by atoms with Crippen LogP contribution in [0.5, 0.6) is 5.75 Å². The Balaban J connectivity index is 2.01. The predicted octanol–water partition coefficient (Wildman–Crippen LogP) is 3.42. The highest BCUT2D eigenvalue weighted by molar-refractivity contribution is 5.38. The van der Waals surface area contributed by atoms with Crippen LogP contribution in [0.1, 0.15) is 44.7 Å². The zero-order valence-corrected chi connectivity index (χ0v) is 12.0. The van der Waals surface area contributed by atoms with Crippen molar-refractivity contribution < 1.29 is 4.74 Å². The van der Waals surface area contributed by atoms with Crippen LogP contribution in [0, 0.1) is 6.92 Å². The van der Waals surface area contributed by atoms with E-state index in [-0.39, 0.29) is 5.41 Å². The number of benzene rings is 1. The Morgan fingerprint density at radius 2 is 2.11 bits per heavy atom. The fourth-order valence-corrected chi connectivity index (χ4v) is 2.37. The maximum atomic E-state index is 5.93. The third kappa shape index (κ3) is 3.26. The van der Waals surface area contributed by atoms with Crippen molar-refractivity contribution >= 4 is 0 Å². The van der Waals surface area contributed by atoms with Gasteiger partial charge in [-0.1, -0.05) is 32.9 Å². The van der Waals surface area contributed by atoms with E-state index in [2.05, 4.69) is 51.2 Å². The van der Waals surface area contributed by atoms with Gasteiger partial charge in [-0.2, -0.15) is 0 Å². The molecule has 0 radical (unpaired) electrons. The summed E-state index contributed by atoms with van der Waals surface area (Å²) < 4.78 is 5.93. The van der Waals surface area contributed by atoms with E-state index in [9.17, 15) is 0 Å². The highest BCUT2D eigenvalue weighted by Crippen LogP contribution is 2.27. The van der Waals surface area contributed by atoms with Gasteiger partial charge >= 0.3 is 0 Å². The molecule has 0 bridgehead atoms. The topological polar surface area (TPSA) is 21.3 Å². The second kappa shape index (κ2) is 5.31. The fraction of sp³-hybridized carbons (Fsp3) is 0.625. The van der Waals surface area contributed by atoms with Crippen LogP contribution in [0.25, 0.3) is 0 Å². The Bertz CT molecular complexity index is 400. The van der Waals surface area contributed by atoms with E-state index in [1.165, 1.54) is 24.0 Å². The second-order valence-corrected chi connectivity index (χ2v) is 6.33. The molecule has 1 aromatic rings. The molecule has 1 saturated heterocycles. The molecular formula is C16H25NO. The summed E-state index contributed by atoms with van der Waals surface area (Å²) in [7, 11) is 0. The number of rotatable bonds is 3. The van der Waals surface area contributed by atoms with Gasteiger partial charge in [0.2, 0.25) is 0 Å². The van der Waals surface area contributed by atoms with Crippen molar-refractivity contribution in [3.8, 4) is 5.75 Å². The smallest absolute Gasteiger partial charge is 0.122 e. The number of hydrogen-bond donors (Lipinski definition) is 1. The first-order chi connectivity index (χ1) is 8.47. The Hall–Kier alpha value is -1.02. The number of nitrogens with one attached hydrogen (secondary N) is 1. The zero-order chi connectivity index (χ0) is 13.2. The number of ether oxygens (including phenoxy) is 1. The van der Waals surface area contributed by atoms with Crippen molar-refractivity contribution in [2.24, 2.45) is 0 Å². The van der Waals surface area contributed by atoms with Crippen LogP contribution in [-0.2, 0) is 5.41 Å². The van der Waals surface area contributed by atoms with E-state index in [4.69, 9.17) is 4.74 Å². The van der Waals surface area contributed by atoms with E-state index in [0.717, 1.165) is 18.9 Å². The van der Waals surface area contributed by atoms with E-state index >= 15 is 0 Å². The lowest BCUT2D eigenvalue weighted by molar-refractivity contribution is 0.275. The Morgan fingerprint density at radius 1 is 1.33 bits per heavy atom. The molecule has 0 saturated carbocycles. The predicted molar refractivity (Wildman–Crippen MR) is 76.4 cm³/mol. The Labute approximate surface area is 111 Å². The van der Waals surface area contributed by atoms with Gasteiger partial charge in [-0.25, -0.2) is 0 Å². The molecule has 100 valence electrons. The van der Waals surface area contributed by atoms with Crippen LogP contribution in [0.4, 0.5) is 0 Å². The van der Waals surface area contributed by atoms with Crippen LogP contribution in [0.15, 0.2) is 18.2 Å². The molecule has 2 rings (SSSR count). The highest BCUT2D eigenvalue weighted by Gasteiger charge is 2.17. The monoisotopic (exact) mass is 247 g/mol. The SMILES string of the molecule is Cc1cc(C(C)(C)C)ccc1OC[C@H]1CCCN1. The first kappa shape index (κ1) is 13.4. The molecule has 1 N–H and O–H groups in total. The second-order valence-electron chi connectivity index (χ2n) is 6.33. The molecule has 1 aliphatic rings. The summed E-state index contributed by atoms with van der Waals surface area (Å²) in [4.78, 5) is 0. The molecule has 1 atom stereocenters. The van der Waals surface area contributed by atoms with E-state index in [1.54, 1.807) is 0 Å². The van der Waals surface area contributed by atoms with Crippen LogP contribution in [0.2, 0.25) is 0 Å². The molecule has 0 unspecified atom stereocenters. The van der Waals surface area contributed by atoms with Crippen molar-refractivity contribution in [2.45, 2.75) is 52.0 Å². The molecular weight excluding hydrogens is 222 g/mol. The van der Waals surface area contributed by atoms with Gasteiger partial charge in [-0.05, 0) is 48.9 Å². The molecule has 1 aliphatic heterocycles. The maximum Gasteiger partial charge on any atom is 0.122 e. The lowest BCUT2D eigenvalue weighted by atomic mass is 9.86. The molecule has 1 aromatic carbocycles. The quantitative estimate of drug-likeness (QED) is 0.883. The van der Waals surface area contributed by atoms with E-state index < -0.39 is 0 Å². The Morgan fingerprint density at radius 3 is 2.67 bits per heavy atom. The standard InChI is InChI=1S/C16H25NO/c1-12-10-13(16(2,3)4)7-8-15(12)18-11-14-6-5-9-17-14/h7-8,10,14,17H,5-6,9,11H2,1-4H3/t14-/m1/s1. The summed E-state index contributed by atoms with van der Waals surface area (Å²) in [5, 5.41) is 3.46. The normalized spacial score (nSPS) is 20.1. The summed E-state index contributed by atoms with van der Waals surface area (Å²) in [5.74, 6) is 1.02. The molecule has 2 nitrogen and oxygen atoms in total. The summed E-state index contributed by atoms with van der Waals surface area (Å²) in [6.07, 6.45) is 2.51. The summed E-state index contributed by atoms with van der Waals surface area (Å²) in [6.45, 7) is 10.8. The average Bonchev–Trinajstić information content (AvgIpc) is 2.79. The van der Waals surface area contributed by atoms with Gasteiger partial charge < -0.3 is 10.1 Å². The van der Waals surface area contributed by atoms with Gasteiger partial charge in [-0.15, -0.1) is 0 Å². The highest BCUT2D eigenvalue weighted by atomic mass is 16.5.